The smallest absolute Gasteiger partial charge is 0.271 e. The summed E-state index contributed by atoms with van der Waals surface area (Å²) in [4.78, 5) is 22.6. The van der Waals surface area contributed by atoms with Crippen molar-refractivity contribution in [2.45, 2.75) is 18.6 Å². The highest BCUT2D eigenvalue weighted by Crippen LogP contribution is 2.27. The number of benzene rings is 1. The van der Waals surface area contributed by atoms with E-state index in [1.807, 2.05) is 0 Å². The van der Waals surface area contributed by atoms with Crippen LogP contribution in [0.2, 0.25) is 0 Å². The zero-order chi connectivity index (χ0) is 19.5. The Morgan fingerprint density at radius 2 is 2.00 bits per heavy atom. The topological polar surface area (TPSA) is 127 Å². The Bertz CT molecular complexity index is 961. The fourth-order valence-electron chi connectivity index (χ4n) is 3.25. The van der Waals surface area contributed by atoms with Crippen LogP contribution in [-0.2, 0) is 0 Å². The molecule has 4 rings (SSSR count). The largest absolute Gasteiger partial charge is 0.507 e. The molecular formula is C19H20N6O3. The Labute approximate surface area is 161 Å². The number of rotatable bonds is 4. The number of β-amino-alcohol motifs (C(OH)–C–C–N with tert-alkyl or cyclic N) is 1. The second-order valence-corrected chi connectivity index (χ2v) is 6.61. The van der Waals surface area contributed by atoms with Crippen molar-refractivity contribution in [3.8, 4) is 17.0 Å². The zero-order valence-electron chi connectivity index (χ0n) is 15.0. The number of hydrogen-bond donors (Lipinski definition) is 4. The van der Waals surface area contributed by atoms with Gasteiger partial charge in [0, 0.05) is 31.0 Å². The lowest BCUT2D eigenvalue weighted by Gasteiger charge is -2.36. The molecule has 9 heteroatoms. The second kappa shape index (κ2) is 7.65. The van der Waals surface area contributed by atoms with Gasteiger partial charge in [0.25, 0.3) is 5.91 Å². The summed E-state index contributed by atoms with van der Waals surface area (Å²) >= 11 is 0. The van der Waals surface area contributed by atoms with E-state index in [0.717, 1.165) is 0 Å². The Morgan fingerprint density at radius 3 is 2.75 bits per heavy atom. The first kappa shape index (κ1) is 17.9. The van der Waals surface area contributed by atoms with Crippen molar-refractivity contribution < 1.29 is 15.0 Å². The predicted molar refractivity (Wildman–Crippen MR) is 102 cm³/mol. The van der Waals surface area contributed by atoms with E-state index in [-0.39, 0.29) is 24.2 Å². The van der Waals surface area contributed by atoms with Crippen molar-refractivity contribution in [1.82, 2.24) is 25.1 Å². The number of aliphatic hydroxyl groups is 1. The maximum atomic E-state index is 12.8. The number of aromatic amines is 1. The molecule has 4 N–H and O–H groups in total. The van der Waals surface area contributed by atoms with Crippen molar-refractivity contribution in [3.63, 3.8) is 0 Å². The van der Waals surface area contributed by atoms with E-state index in [0.29, 0.717) is 35.9 Å². The fraction of sp³-hybridized carbons (Fsp3) is 0.263. The van der Waals surface area contributed by atoms with E-state index >= 15 is 0 Å². The fourth-order valence-corrected chi connectivity index (χ4v) is 3.25. The highest BCUT2D eigenvalue weighted by molar-refractivity contribution is 5.93. The van der Waals surface area contributed by atoms with E-state index < -0.39 is 6.10 Å². The number of likely N-dealkylation sites (tertiary alicyclic amines) is 1. The molecule has 28 heavy (non-hydrogen) atoms. The molecule has 144 valence electrons. The van der Waals surface area contributed by atoms with E-state index in [1.165, 1.54) is 0 Å². The third kappa shape index (κ3) is 3.65. The number of aromatic hydroxyl groups is 1. The number of carbonyl (C=O) groups is 1. The molecule has 2 unspecified atom stereocenters. The first-order chi connectivity index (χ1) is 13.6. The van der Waals surface area contributed by atoms with Gasteiger partial charge >= 0.3 is 0 Å². The van der Waals surface area contributed by atoms with Crippen LogP contribution < -0.4 is 5.32 Å². The van der Waals surface area contributed by atoms with Crippen molar-refractivity contribution in [2.75, 3.05) is 18.4 Å². The molecule has 3 heterocycles. The average Bonchev–Trinajstić information content (AvgIpc) is 3.20. The molecule has 1 aromatic carbocycles. The number of phenolic OH excluding ortho intramolecular Hbond substituents is 1. The van der Waals surface area contributed by atoms with Crippen LogP contribution in [-0.4, -0.2) is 66.4 Å². The normalized spacial score (nSPS) is 19.4. The van der Waals surface area contributed by atoms with Gasteiger partial charge in [-0.3, -0.25) is 9.89 Å². The molecule has 2 aromatic heterocycles. The first-order valence-electron chi connectivity index (χ1n) is 8.96. The molecule has 0 bridgehead atoms. The van der Waals surface area contributed by atoms with Crippen molar-refractivity contribution in [3.05, 3.63) is 54.5 Å². The lowest BCUT2D eigenvalue weighted by molar-refractivity contribution is 0.0421. The number of anilines is 1. The summed E-state index contributed by atoms with van der Waals surface area (Å²) in [6.45, 7) is 0.666. The summed E-state index contributed by atoms with van der Waals surface area (Å²) in [5.74, 6) is 0.299. The van der Waals surface area contributed by atoms with Crippen LogP contribution in [0.5, 0.6) is 5.75 Å². The van der Waals surface area contributed by atoms with Crippen molar-refractivity contribution >= 4 is 11.9 Å². The minimum Gasteiger partial charge on any atom is -0.507 e. The molecule has 1 fully saturated rings. The number of amides is 1. The molecule has 0 saturated carbocycles. The van der Waals surface area contributed by atoms with Gasteiger partial charge in [0.15, 0.2) is 0 Å². The lowest BCUT2D eigenvalue weighted by atomic mass is 10.0. The van der Waals surface area contributed by atoms with Crippen LogP contribution in [0.4, 0.5) is 5.95 Å². The Kier molecular flexibility index (Phi) is 4.90. The van der Waals surface area contributed by atoms with Crippen LogP contribution in [0.15, 0.2) is 48.8 Å². The maximum absolute atomic E-state index is 12.8. The van der Waals surface area contributed by atoms with Crippen LogP contribution in [0, 0.1) is 0 Å². The Balaban J connectivity index is 1.42. The molecular weight excluding hydrogens is 360 g/mol. The Morgan fingerprint density at radius 1 is 1.21 bits per heavy atom. The zero-order valence-corrected chi connectivity index (χ0v) is 15.0. The minimum atomic E-state index is -0.748. The summed E-state index contributed by atoms with van der Waals surface area (Å²) in [5, 5.41) is 30.3. The minimum absolute atomic E-state index is 0.0958. The predicted octanol–water partition coefficient (Wildman–Crippen LogP) is 1.26. The second-order valence-electron chi connectivity index (χ2n) is 6.61. The van der Waals surface area contributed by atoms with E-state index in [1.54, 1.807) is 53.7 Å². The molecule has 0 radical (unpaired) electrons. The average molecular weight is 380 g/mol. The molecule has 1 saturated heterocycles. The van der Waals surface area contributed by atoms with Gasteiger partial charge in [-0.1, -0.05) is 12.1 Å². The number of hydrogen-bond acceptors (Lipinski definition) is 7. The number of nitrogens with zero attached hydrogens (tertiary/aromatic N) is 4. The lowest BCUT2D eigenvalue weighted by Crippen LogP contribution is -2.51. The molecule has 1 aliphatic heterocycles. The van der Waals surface area contributed by atoms with Crippen LogP contribution >= 0.6 is 0 Å². The summed E-state index contributed by atoms with van der Waals surface area (Å²) in [7, 11) is 0. The highest BCUT2D eigenvalue weighted by atomic mass is 16.3. The molecule has 2 atom stereocenters. The number of aromatic nitrogens is 4. The number of nitrogens with one attached hydrogen (secondary N) is 2. The number of piperidine rings is 1. The van der Waals surface area contributed by atoms with Crippen molar-refractivity contribution in [2.24, 2.45) is 0 Å². The number of phenols is 1. The molecule has 0 aliphatic carbocycles. The molecule has 9 nitrogen and oxygen atoms in total. The van der Waals surface area contributed by atoms with Gasteiger partial charge in [-0.15, -0.1) is 0 Å². The van der Waals surface area contributed by atoms with Gasteiger partial charge in [0.1, 0.15) is 11.4 Å². The number of carbonyl (C=O) groups excluding carboxylic acids is 1. The molecule has 1 aliphatic rings. The van der Waals surface area contributed by atoms with Gasteiger partial charge in [-0.25, -0.2) is 9.97 Å². The van der Waals surface area contributed by atoms with Gasteiger partial charge in [-0.2, -0.15) is 5.10 Å². The molecule has 3 aromatic rings. The number of aliphatic hydroxyl groups excluding tert-OH is 1. The summed E-state index contributed by atoms with van der Waals surface area (Å²) < 4.78 is 0. The number of H-pyrrole nitrogens is 1. The highest BCUT2D eigenvalue weighted by Gasteiger charge is 2.31. The SMILES string of the molecule is O=C(c1cc(-c2ccccc2O)n[nH]1)N1CCC(Nc2ncccn2)C(O)C1. The van der Waals surface area contributed by atoms with Crippen LogP contribution in [0.3, 0.4) is 0 Å². The van der Waals surface area contributed by atoms with Gasteiger partial charge < -0.3 is 20.4 Å². The summed E-state index contributed by atoms with van der Waals surface area (Å²) in [6.07, 6.45) is 3.06. The van der Waals surface area contributed by atoms with Crippen molar-refractivity contribution in [1.29, 1.82) is 0 Å². The summed E-state index contributed by atoms with van der Waals surface area (Å²) in [5.41, 5.74) is 1.34. The van der Waals surface area contributed by atoms with Crippen LogP contribution in [0.1, 0.15) is 16.9 Å². The standard InChI is InChI=1S/C19H20N6O3/c26-16-5-2-1-4-12(16)14-10-15(24-23-14)18(28)25-9-6-13(17(27)11-25)22-19-20-7-3-8-21-19/h1-5,7-8,10,13,17,26-27H,6,9,11H2,(H,23,24)(H,20,21,22). The van der Waals surface area contributed by atoms with E-state index in [9.17, 15) is 15.0 Å². The molecule has 1 amide bonds. The monoisotopic (exact) mass is 380 g/mol. The third-order valence-corrected chi connectivity index (χ3v) is 4.74. The number of para-hydroxylation sites is 1. The maximum Gasteiger partial charge on any atom is 0.271 e. The van der Waals surface area contributed by atoms with Gasteiger partial charge in [0.2, 0.25) is 5.95 Å². The van der Waals surface area contributed by atoms with Gasteiger partial charge in [0.05, 0.1) is 17.8 Å². The summed E-state index contributed by atoms with van der Waals surface area (Å²) in [6, 6.07) is 9.89. The van der Waals surface area contributed by atoms with E-state index in [4.69, 9.17) is 0 Å². The van der Waals surface area contributed by atoms with E-state index in [2.05, 4.69) is 25.5 Å². The quantitative estimate of drug-likeness (QED) is 0.536. The first-order valence-corrected chi connectivity index (χ1v) is 8.96. The third-order valence-electron chi connectivity index (χ3n) is 4.74. The van der Waals surface area contributed by atoms with Gasteiger partial charge in [-0.05, 0) is 30.7 Å². The Hall–Kier alpha value is -3.46. The van der Waals surface area contributed by atoms with Crippen LogP contribution in [0.25, 0.3) is 11.3 Å². The molecule has 0 spiro atoms.